The van der Waals surface area contributed by atoms with Crippen molar-refractivity contribution in [1.29, 1.82) is 0 Å². The molecule has 1 aliphatic heterocycles. The summed E-state index contributed by atoms with van der Waals surface area (Å²) < 4.78 is 0. The van der Waals surface area contributed by atoms with Gasteiger partial charge in [0, 0.05) is 6.04 Å². The first kappa shape index (κ1) is 13.9. The van der Waals surface area contributed by atoms with E-state index in [1.54, 1.807) is 18.2 Å². The molecule has 0 aliphatic carbocycles. The van der Waals surface area contributed by atoms with Gasteiger partial charge in [-0.3, -0.25) is 4.79 Å². The zero-order valence-electron chi connectivity index (χ0n) is 11.6. The molecule has 0 spiro atoms. The number of aryl methyl sites for hydroxylation is 1. The Balaban J connectivity index is 2.01. The minimum atomic E-state index is -0.188. The maximum atomic E-state index is 12.2. The summed E-state index contributed by atoms with van der Waals surface area (Å²) in [5, 5.41) is 16.1. The van der Waals surface area contributed by atoms with Crippen LogP contribution in [0.15, 0.2) is 18.2 Å². The molecule has 4 heteroatoms. The topological polar surface area (TPSA) is 61.4 Å². The normalized spacial score (nSPS) is 18.0. The third kappa shape index (κ3) is 3.47. The Morgan fingerprint density at radius 1 is 1.42 bits per heavy atom. The number of hydrogen-bond donors (Lipinski definition) is 3. The van der Waals surface area contributed by atoms with Gasteiger partial charge in [0.05, 0.1) is 5.56 Å². The van der Waals surface area contributed by atoms with Gasteiger partial charge in [-0.2, -0.15) is 0 Å². The van der Waals surface area contributed by atoms with Crippen molar-refractivity contribution in [2.45, 2.75) is 32.7 Å². The highest BCUT2D eigenvalue weighted by atomic mass is 16.3. The molecule has 1 saturated heterocycles. The molecule has 1 aromatic rings. The predicted molar refractivity (Wildman–Crippen MR) is 75.4 cm³/mol. The van der Waals surface area contributed by atoms with Crippen LogP contribution in [0.2, 0.25) is 0 Å². The average molecular weight is 262 g/mol. The van der Waals surface area contributed by atoms with Crippen LogP contribution in [-0.4, -0.2) is 30.1 Å². The molecule has 1 aliphatic rings. The van der Waals surface area contributed by atoms with Crippen LogP contribution < -0.4 is 10.6 Å². The molecule has 1 heterocycles. The molecule has 19 heavy (non-hydrogen) atoms. The second-order valence-electron chi connectivity index (χ2n) is 5.37. The maximum absolute atomic E-state index is 12.2. The molecule has 1 unspecified atom stereocenters. The first-order valence-electron chi connectivity index (χ1n) is 6.89. The van der Waals surface area contributed by atoms with E-state index in [9.17, 15) is 9.90 Å². The molecule has 0 aromatic heterocycles. The molecular weight excluding hydrogens is 240 g/mol. The zero-order valence-corrected chi connectivity index (χ0v) is 11.6. The van der Waals surface area contributed by atoms with Crippen LogP contribution in [0.1, 0.15) is 35.7 Å². The summed E-state index contributed by atoms with van der Waals surface area (Å²) in [7, 11) is 0. The van der Waals surface area contributed by atoms with Gasteiger partial charge in [-0.25, -0.2) is 0 Å². The number of aromatic hydroxyl groups is 1. The van der Waals surface area contributed by atoms with Crippen LogP contribution in [0, 0.1) is 12.8 Å². The number of phenolic OH excluding ortho intramolecular Hbond substituents is 1. The minimum absolute atomic E-state index is 0.0422. The molecule has 1 fully saturated rings. The van der Waals surface area contributed by atoms with Crippen molar-refractivity contribution in [3.8, 4) is 5.75 Å². The van der Waals surface area contributed by atoms with E-state index in [0.29, 0.717) is 11.5 Å². The summed E-state index contributed by atoms with van der Waals surface area (Å²) >= 11 is 0. The fourth-order valence-electron chi connectivity index (χ4n) is 2.58. The van der Waals surface area contributed by atoms with Crippen molar-refractivity contribution >= 4 is 5.91 Å². The number of phenols is 1. The molecule has 1 atom stereocenters. The highest BCUT2D eigenvalue weighted by Crippen LogP contribution is 2.20. The Hall–Kier alpha value is -1.55. The van der Waals surface area contributed by atoms with E-state index in [-0.39, 0.29) is 17.7 Å². The molecule has 0 bridgehead atoms. The lowest BCUT2D eigenvalue weighted by Crippen LogP contribution is -2.42. The van der Waals surface area contributed by atoms with E-state index < -0.39 is 0 Å². The van der Waals surface area contributed by atoms with E-state index in [1.165, 1.54) is 0 Å². The fourth-order valence-corrected chi connectivity index (χ4v) is 2.58. The average Bonchev–Trinajstić information content (AvgIpc) is 2.42. The number of nitrogens with one attached hydrogen (secondary N) is 2. The lowest BCUT2D eigenvalue weighted by molar-refractivity contribution is 0.0918. The highest BCUT2D eigenvalue weighted by Gasteiger charge is 2.22. The Labute approximate surface area is 114 Å². The van der Waals surface area contributed by atoms with Crippen molar-refractivity contribution in [3.63, 3.8) is 0 Å². The van der Waals surface area contributed by atoms with E-state index in [1.807, 2.05) is 13.8 Å². The summed E-state index contributed by atoms with van der Waals surface area (Å²) in [4.78, 5) is 12.2. The van der Waals surface area contributed by atoms with Crippen LogP contribution in [0.25, 0.3) is 0 Å². The second kappa shape index (κ2) is 6.06. The van der Waals surface area contributed by atoms with Crippen LogP contribution in [0.3, 0.4) is 0 Å². The first-order chi connectivity index (χ1) is 9.08. The Morgan fingerprint density at radius 3 is 2.79 bits per heavy atom. The van der Waals surface area contributed by atoms with E-state index in [4.69, 9.17) is 0 Å². The quantitative estimate of drug-likeness (QED) is 0.778. The first-order valence-corrected chi connectivity index (χ1v) is 6.89. The number of hydrogen-bond acceptors (Lipinski definition) is 3. The minimum Gasteiger partial charge on any atom is -0.507 e. The summed E-state index contributed by atoms with van der Waals surface area (Å²) in [6, 6.07) is 5.22. The van der Waals surface area contributed by atoms with Crippen molar-refractivity contribution in [2.75, 3.05) is 13.1 Å². The van der Waals surface area contributed by atoms with Gasteiger partial charge >= 0.3 is 0 Å². The lowest BCUT2D eigenvalue weighted by atomic mass is 9.91. The molecule has 1 aromatic carbocycles. The Bertz CT molecular complexity index is 453. The summed E-state index contributed by atoms with van der Waals surface area (Å²) in [6.07, 6.45) is 2.17. The molecule has 3 N–H and O–H groups in total. The summed E-state index contributed by atoms with van der Waals surface area (Å²) in [5.74, 6) is 0.366. The second-order valence-corrected chi connectivity index (χ2v) is 5.37. The van der Waals surface area contributed by atoms with Crippen LogP contribution in [0.5, 0.6) is 5.75 Å². The molecule has 104 valence electrons. The van der Waals surface area contributed by atoms with Crippen molar-refractivity contribution in [3.05, 3.63) is 29.3 Å². The van der Waals surface area contributed by atoms with Gasteiger partial charge in [-0.05, 0) is 57.8 Å². The highest BCUT2D eigenvalue weighted by molar-refractivity contribution is 5.97. The van der Waals surface area contributed by atoms with Crippen LogP contribution >= 0.6 is 0 Å². The number of benzene rings is 1. The van der Waals surface area contributed by atoms with Gasteiger partial charge in [-0.1, -0.05) is 11.6 Å². The number of carbonyl (C=O) groups is 1. The number of carbonyl (C=O) groups excluding carboxylic acids is 1. The van der Waals surface area contributed by atoms with E-state index >= 15 is 0 Å². The molecular formula is C15H22N2O2. The number of amides is 1. The fraction of sp³-hybridized carbons (Fsp3) is 0.533. The smallest absolute Gasteiger partial charge is 0.255 e. The van der Waals surface area contributed by atoms with Crippen LogP contribution in [0.4, 0.5) is 0 Å². The maximum Gasteiger partial charge on any atom is 0.255 e. The van der Waals surface area contributed by atoms with Gasteiger partial charge < -0.3 is 15.7 Å². The van der Waals surface area contributed by atoms with Gasteiger partial charge in [0.25, 0.3) is 5.91 Å². The number of piperidine rings is 1. The Morgan fingerprint density at radius 2 is 2.11 bits per heavy atom. The van der Waals surface area contributed by atoms with Gasteiger partial charge in [0.1, 0.15) is 5.75 Å². The van der Waals surface area contributed by atoms with Crippen molar-refractivity contribution in [2.24, 2.45) is 5.92 Å². The molecule has 4 nitrogen and oxygen atoms in total. The SMILES string of the molecule is Cc1ccc(O)c(C(=O)NC(C)C2CCNCC2)c1. The van der Waals surface area contributed by atoms with E-state index in [2.05, 4.69) is 10.6 Å². The summed E-state index contributed by atoms with van der Waals surface area (Å²) in [5.41, 5.74) is 1.33. The van der Waals surface area contributed by atoms with Crippen molar-refractivity contribution < 1.29 is 9.90 Å². The standard InChI is InChI=1S/C15H22N2O2/c1-10-3-4-14(18)13(9-10)15(19)17-11(2)12-5-7-16-8-6-12/h3-4,9,11-12,16,18H,5-8H2,1-2H3,(H,17,19). The molecule has 0 radical (unpaired) electrons. The molecule has 1 amide bonds. The van der Waals surface area contributed by atoms with Gasteiger partial charge in [0.2, 0.25) is 0 Å². The number of rotatable bonds is 3. The van der Waals surface area contributed by atoms with Crippen molar-refractivity contribution in [1.82, 2.24) is 10.6 Å². The predicted octanol–water partition coefficient (Wildman–Crippen LogP) is 1.82. The Kier molecular flexibility index (Phi) is 4.43. The van der Waals surface area contributed by atoms with Gasteiger partial charge in [-0.15, -0.1) is 0 Å². The van der Waals surface area contributed by atoms with E-state index in [0.717, 1.165) is 31.5 Å². The zero-order chi connectivity index (χ0) is 13.8. The summed E-state index contributed by atoms with van der Waals surface area (Å²) in [6.45, 7) is 5.98. The molecule has 2 rings (SSSR count). The molecule has 0 saturated carbocycles. The third-order valence-electron chi connectivity index (χ3n) is 3.85. The van der Waals surface area contributed by atoms with Gasteiger partial charge in [0.15, 0.2) is 0 Å². The monoisotopic (exact) mass is 262 g/mol. The third-order valence-corrected chi connectivity index (χ3v) is 3.85. The lowest BCUT2D eigenvalue weighted by Gasteiger charge is -2.28. The van der Waals surface area contributed by atoms with Crippen LogP contribution in [-0.2, 0) is 0 Å². The largest absolute Gasteiger partial charge is 0.507 e.